The van der Waals surface area contributed by atoms with Gasteiger partial charge in [0.2, 0.25) is 5.75 Å². The Morgan fingerprint density at radius 2 is 1.25 bits per heavy atom. The van der Waals surface area contributed by atoms with Crippen LogP contribution in [0, 0.1) is 0 Å². The number of phenolic OH excluding ortho intramolecular Hbond substituents is 3. The molecule has 0 amide bonds. The second kappa shape index (κ2) is 8.52. The van der Waals surface area contributed by atoms with E-state index < -0.39 is 5.75 Å². The SMILES string of the molecule is Oc1c(O)c(O)c2c3c(oc2c1-c1c2c(c(-c4cccc5ccccc45)c4ccccc14)CCC=C2)CCC=C3. The summed E-state index contributed by atoms with van der Waals surface area (Å²) in [5, 5.41) is 38.3. The molecule has 0 unspecified atom stereocenters. The van der Waals surface area contributed by atoms with Gasteiger partial charge in [-0.05, 0) is 63.1 Å². The molecule has 3 N–H and O–H groups in total. The second-order valence-corrected chi connectivity index (χ2v) is 10.7. The lowest BCUT2D eigenvalue weighted by molar-refractivity contribution is 0.371. The molecule has 2 aliphatic carbocycles. The van der Waals surface area contributed by atoms with E-state index in [-0.39, 0.29) is 11.5 Å². The molecule has 4 nitrogen and oxygen atoms in total. The third-order valence-electron chi connectivity index (χ3n) is 8.51. The van der Waals surface area contributed by atoms with E-state index in [4.69, 9.17) is 4.42 Å². The predicted octanol–water partition coefficient (Wildman–Crippen LogP) is 9.11. The fourth-order valence-corrected chi connectivity index (χ4v) is 6.77. The third kappa shape index (κ3) is 3.07. The maximum absolute atomic E-state index is 11.5. The Kier molecular flexibility index (Phi) is 4.89. The van der Waals surface area contributed by atoms with Gasteiger partial charge in [-0.2, -0.15) is 0 Å². The smallest absolute Gasteiger partial charge is 0.201 e. The van der Waals surface area contributed by atoms with Crippen molar-refractivity contribution in [3.63, 3.8) is 0 Å². The molecule has 5 aromatic carbocycles. The quantitative estimate of drug-likeness (QED) is 0.198. The second-order valence-electron chi connectivity index (χ2n) is 10.7. The summed E-state index contributed by atoms with van der Waals surface area (Å²) in [6.45, 7) is 0. The molecule has 0 saturated heterocycles. The number of hydrogen-bond acceptors (Lipinski definition) is 4. The average molecular weight is 523 g/mol. The van der Waals surface area contributed by atoms with Crippen LogP contribution in [0.5, 0.6) is 17.2 Å². The van der Waals surface area contributed by atoms with Gasteiger partial charge in [-0.25, -0.2) is 0 Å². The van der Waals surface area contributed by atoms with Gasteiger partial charge >= 0.3 is 0 Å². The molecule has 4 heteroatoms. The van der Waals surface area contributed by atoms with E-state index >= 15 is 0 Å². The van der Waals surface area contributed by atoms with E-state index in [9.17, 15) is 15.3 Å². The Bertz CT molecular complexity index is 2090. The van der Waals surface area contributed by atoms with Crippen molar-refractivity contribution in [1.82, 2.24) is 0 Å². The molecule has 0 aliphatic heterocycles. The number of rotatable bonds is 2. The van der Waals surface area contributed by atoms with Crippen LogP contribution in [0.4, 0.5) is 0 Å². The summed E-state index contributed by atoms with van der Waals surface area (Å²) in [5.41, 5.74) is 6.94. The largest absolute Gasteiger partial charge is 0.504 e. The van der Waals surface area contributed by atoms with Gasteiger partial charge in [0.05, 0.1) is 10.9 Å². The van der Waals surface area contributed by atoms with E-state index in [0.717, 1.165) is 52.5 Å². The van der Waals surface area contributed by atoms with Crippen LogP contribution in [-0.4, -0.2) is 15.3 Å². The molecule has 0 bridgehead atoms. The first-order chi connectivity index (χ1) is 19.6. The van der Waals surface area contributed by atoms with Gasteiger partial charge in [0.1, 0.15) is 5.76 Å². The van der Waals surface area contributed by atoms with E-state index in [1.807, 2.05) is 24.3 Å². The minimum absolute atomic E-state index is 0.353. The standard InChI is InChI=1S/C36H26O4/c37-33-31-27-17-7-8-19-28(27)40-36(31)32(34(38)35(33)39)30-25-15-5-3-13-23(25)29(24-14-4-6-16-26(24)30)22-18-9-11-20-10-1-2-12-21(20)22/h1-3,5-7,9-13,15-18,37-39H,4,8,14,19H2. The maximum Gasteiger partial charge on any atom is 0.201 e. The van der Waals surface area contributed by atoms with Crippen molar-refractivity contribution in [3.8, 4) is 39.5 Å². The fourth-order valence-electron chi connectivity index (χ4n) is 6.77. The van der Waals surface area contributed by atoms with Crippen LogP contribution in [0.2, 0.25) is 0 Å². The topological polar surface area (TPSA) is 73.8 Å². The van der Waals surface area contributed by atoms with Crippen molar-refractivity contribution in [2.24, 2.45) is 0 Å². The summed E-state index contributed by atoms with van der Waals surface area (Å²) in [5.74, 6) is -0.501. The van der Waals surface area contributed by atoms with Crippen LogP contribution in [-0.2, 0) is 12.8 Å². The number of fused-ring (bicyclic) bond motifs is 6. The van der Waals surface area contributed by atoms with Crippen molar-refractivity contribution in [2.45, 2.75) is 25.7 Å². The van der Waals surface area contributed by atoms with E-state index in [2.05, 4.69) is 66.7 Å². The molecule has 1 heterocycles. The number of phenols is 3. The first-order valence-electron chi connectivity index (χ1n) is 13.7. The van der Waals surface area contributed by atoms with Crippen LogP contribution >= 0.6 is 0 Å². The van der Waals surface area contributed by atoms with Crippen LogP contribution in [0.25, 0.3) is 66.9 Å². The number of hydrogen-bond donors (Lipinski definition) is 3. The number of allylic oxidation sites excluding steroid dienone is 2. The Morgan fingerprint density at radius 3 is 2.08 bits per heavy atom. The number of aryl methyl sites for hydroxylation is 1. The van der Waals surface area contributed by atoms with E-state index in [1.165, 1.54) is 27.5 Å². The van der Waals surface area contributed by atoms with Gasteiger partial charge in [-0.15, -0.1) is 0 Å². The summed E-state index contributed by atoms with van der Waals surface area (Å²) >= 11 is 0. The fraction of sp³-hybridized carbons (Fsp3) is 0.111. The molecule has 194 valence electrons. The molecule has 2 aliphatic rings. The van der Waals surface area contributed by atoms with Gasteiger partial charge in [0, 0.05) is 17.5 Å². The Morgan fingerprint density at radius 1 is 0.575 bits per heavy atom. The minimum Gasteiger partial charge on any atom is -0.504 e. The normalized spacial score (nSPS) is 14.2. The van der Waals surface area contributed by atoms with Crippen molar-refractivity contribution in [2.75, 3.05) is 0 Å². The molecule has 6 aromatic rings. The number of benzene rings is 5. The van der Waals surface area contributed by atoms with Crippen LogP contribution in [0.3, 0.4) is 0 Å². The predicted molar refractivity (Wildman–Crippen MR) is 162 cm³/mol. The zero-order valence-corrected chi connectivity index (χ0v) is 21.7. The highest BCUT2D eigenvalue weighted by Crippen LogP contribution is 2.56. The molecule has 0 atom stereocenters. The Balaban J connectivity index is 1.56. The summed E-state index contributed by atoms with van der Waals surface area (Å²) in [7, 11) is 0. The lowest BCUT2D eigenvalue weighted by Crippen LogP contribution is -2.03. The number of furan rings is 1. The molecule has 0 saturated carbocycles. The molecule has 0 fully saturated rings. The first kappa shape index (κ1) is 23.0. The third-order valence-corrected chi connectivity index (χ3v) is 8.51. The van der Waals surface area contributed by atoms with Crippen molar-refractivity contribution < 1.29 is 19.7 Å². The van der Waals surface area contributed by atoms with Crippen LogP contribution < -0.4 is 0 Å². The van der Waals surface area contributed by atoms with Gasteiger partial charge in [-0.1, -0.05) is 91.0 Å². The zero-order chi connectivity index (χ0) is 27.0. The number of aromatic hydroxyl groups is 3. The lowest BCUT2D eigenvalue weighted by Gasteiger charge is -2.25. The van der Waals surface area contributed by atoms with Crippen LogP contribution in [0.1, 0.15) is 35.3 Å². The lowest BCUT2D eigenvalue weighted by atomic mass is 9.79. The Hall–Kier alpha value is -4.96. The minimum atomic E-state index is -0.527. The van der Waals surface area contributed by atoms with E-state index in [1.54, 1.807) is 0 Å². The Labute approximate surface area is 230 Å². The van der Waals surface area contributed by atoms with Gasteiger partial charge in [0.25, 0.3) is 0 Å². The molecule has 40 heavy (non-hydrogen) atoms. The highest BCUT2D eigenvalue weighted by molar-refractivity contribution is 6.18. The summed E-state index contributed by atoms with van der Waals surface area (Å²) in [6.07, 6.45) is 11.5. The molecule has 0 radical (unpaired) electrons. The van der Waals surface area contributed by atoms with Gasteiger partial charge < -0.3 is 19.7 Å². The molecule has 0 spiro atoms. The summed E-state index contributed by atoms with van der Waals surface area (Å²) < 4.78 is 6.40. The first-order valence-corrected chi connectivity index (χ1v) is 13.7. The van der Waals surface area contributed by atoms with Gasteiger partial charge in [0.15, 0.2) is 17.1 Å². The average Bonchev–Trinajstić information content (AvgIpc) is 3.39. The van der Waals surface area contributed by atoms with Crippen molar-refractivity contribution >= 4 is 44.7 Å². The van der Waals surface area contributed by atoms with Crippen molar-refractivity contribution in [3.05, 3.63) is 101 Å². The monoisotopic (exact) mass is 522 g/mol. The van der Waals surface area contributed by atoms with Crippen molar-refractivity contribution in [1.29, 1.82) is 0 Å². The molecular weight excluding hydrogens is 496 g/mol. The zero-order valence-electron chi connectivity index (χ0n) is 21.7. The molecule has 8 rings (SSSR count). The molecule has 1 aromatic heterocycles. The van der Waals surface area contributed by atoms with Gasteiger partial charge in [-0.3, -0.25) is 0 Å². The highest BCUT2D eigenvalue weighted by Gasteiger charge is 2.31. The summed E-state index contributed by atoms with van der Waals surface area (Å²) in [4.78, 5) is 0. The highest BCUT2D eigenvalue weighted by atomic mass is 16.4. The van der Waals surface area contributed by atoms with E-state index in [0.29, 0.717) is 23.0 Å². The van der Waals surface area contributed by atoms with Crippen LogP contribution in [0.15, 0.2) is 83.3 Å². The maximum atomic E-state index is 11.5. The molecular formula is C36H26O4. The summed E-state index contributed by atoms with van der Waals surface area (Å²) in [6, 6.07) is 23.2.